The normalized spacial score (nSPS) is 25.4. The minimum atomic E-state index is -3.55. The molecule has 1 aliphatic heterocycles. The van der Waals surface area contributed by atoms with Crippen LogP contribution in [-0.4, -0.2) is 43.9 Å². The molecule has 0 radical (unpaired) electrons. The quantitative estimate of drug-likeness (QED) is 0.802. The largest absolute Gasteiger partial charge is 0.371 e. The summed E-state index contributed by atoms with van der Waals surface area (Å²) in [7, 11) is -3.55. The third-order valence-electron chi connectivity index (χ3n) is 2.90. The molecule has 2 atom stereocenters. The molecule has 0 bridgehead atoms. The average molecular weight is 324 g/mol. The van der Waals surface area contributed by atoms with E-state index >= 15 is 0 Å². The predicted octanol–water partition coefficient (Wildman–Crippen LogP) is 2.36. The van der Waals surface area contributed by atoms with Crippen LogP contribution in [0.25, 0.3) is 0 Å². The van der Waals surface area contributed by atoms with Crippen molar-refractivity contribution in [3.8, 4) is 0 Å². The van der Waals surface area contributed by atoms with Crippen LogP contribution in [0.3, 0.4) is 0 Å². The van der Waals surface area contributed by atoms with Gasteiger partial charge in [-0.3, -0.25) is 0 Å². The molecule has 1 heterocycles. The lowest BCUT2D eigenvalue weighted by Crippen LogP contribution is -2.49. The van der Waals surface area contributed by atoms with Crippen LogP contribution in [0.2, 0.25) is 5.02 Å². The Labute approximate surface area is 123 Å². The fraction of sp³-hybridized carbons (Fsp3) is 0.500. The van der Waals surface area contributed by atoms with E-state index in [2.05, 4.69) is 0 Å². The van der Waals surface area contributed by atoms with Gasteiger partial charge in [0.2, 0.25) is 10.0 Å². The summed E-state index contributed by atoms with van der Waals surface area (Å²) in [6, 6.07) is 6.26. The molecule has 0 N–H and O–H groups in total. The Morgan fingerprint density at radius 1 is 1.42 bits per heavy atom. The molecule has 0 aromatic heterocycles. The monoisotopic (exact) mass is 323 g/mol. The van der Waals surface area contributed by atoms with Gasteiger partial charge in [0.05, 0.1) is 17.1 Å². The lowest BCUT2D eigenvalue weighted by molar-refractivity contribution is -0.0423. The summed E-state index contributed by atoms with van der Waals surface area (Å²) in [6.07, 6.45) is -0.453. The molecular formula is C12H15Cl2NO3S. The minimum Gasteiger partial charge on any atom is -0.371 e. The standard InChI is InChI=1S/C12H15Cl2NO3S/c1-9-7-15(8-11(6-13)18-9)19(16,17)12-4-2-3-10(14)5-12/h2-5,9,11H,6-8H2,1H3. The smallest absolute Gasteiger partial charge is 0.243 e. The zero-order valence-electron chi connectivity index (χ0n) is 10.4. The molecule has 4 nitrogen and oxygen atoms in total. The highest BCUT2D eigenvalue weighted by atomic mass is 35.5. The second kappa shape index (κ2) is 5.97. The summed E-state index contributed by atoms with van der Waals surface area (Å²) in [4.78, 5) is 0.197. The average Bonchev–Trinajstić information content (AvgIpc) is 2.38. The molecule has 1 aliphatic rings. The van der Waals surface area contributed by atoms with E-state index in [9.17, 15) is 8.42 Å². The number of rotatable bonds is 3. The van der Waals surface area contributed by atoms with E-state index in [1.54, 1.807) is 12.1 Å². The van der Waals surface area contributed by atoms with Gasteiger partial charge < -0.3 is 4.74 Å². The van der Waals surface area contributed by atoms with Gasteiger partial charge in [0.15, 0.2) is 0 Å². The van der Waals surface area contributed by atoms with E-state index in [-0.39, 0.29) is 29.5 Å². The summed E-state index contributed by atoms with van der Waals surface area (Å²) in [5, 5.41) is 0.399. The Morgan fingerprint density at radius 3 is 2.79 bits per heavy atom. The number of halogens is 2. The lowest BCUT2D eigenvalue weighted by Gasteiger charge is -2.35. The zero-order valence-corrected chi connectivity index (χ0v) is 12.7. The van der Waals surface area contributed by atoms with Crippen LogP contribution >= 0.6 is 23.2 Å². The fourth-order valence-corrected chi connectivity index (χ4v) is 4.08. The fourth-order valence-electron chi connectivity index (χ4n) is 2.06. The Balaban J connectivity index is 2.29. The first-order valence-electron chi connectivity index (χ1n) is 5.90. The summed E-state index contributed by atoms with van der Waals surface area (Å²) in [5.74, 6) is 0.270. The van der Waals surface area contributed by atoms with Crippen molar-refractivity contribution < 1.29 is 13.2 Å². The predicted molar refractivity (Wildman–Crippen MR) is 75.3 cm³/mol. The third kappa shape index (κ3) is 3.41. The molecule has 1 fully saturated rings. The topological polar surface area (TPSA) is 46.6 Å². The van der Waals surface area contributed by atoms with E-state index in [1.807, 2.05) is 6.92 Å². The van der Waals surface area contributed by atoms with Gasteiger partial charge in [0.1, 0.15) is 0 Å². The van der Waals surface area contributed by atoms with E-state index < -0.39 is 10.0 Å². The van der Waals surface area contributed by atoms with Crippen molar-refractivity contribution in [1.82, 2.24) is 4.31 Å². The van der Waals surface area contributed by atoms with E-state index in [1.165, 1.54) is 16.4 Å². The molecule has 2 rings (SSSR count). The molecule has 0 spiro atoms. The van der Waals surface area contributed by atoms with E-state index in [0.717, 1.165) is 0 Å². The number of sulfonamides is 1. The van der Waals surface area contributed by atoms with Gasteiger partial charge in [-0.1, -0.05) is 17.7 Å². The second-order valence-electron chi connectivity index (χ2n) is 4.50. The van der Waals surface area contributed by atoms with Gasteiger partial charge >= 0.3 is 0 Å². The first kappa shape index (κ1) is 15.1. The van der Waals surface area contributed by atoms with Crippen molar-refractivity contribution >= 4 is 33.2 Å². The zero-order chi connectivity index (χ0) is 14.0. The molecule has 7 heteroatoms. The van der Waals surface area contributed by atoms with Crippen molar-refractivity contribution in [3.63, 3.8) is 0 Å². The number of nitrogens with zero attached hydrogens (tertiary/aromatic N) is 1. The summed E-state index contributed by atoms with van der Waals surface area (Å²) in [6.45, 7) is 2.42. The molecule has 1 aromatic rings. The van der Waals surface area contributed by atoms with Gasteiger partial charge in [0.25, 0.3) is 0 Å². The van der Waals surface area contributed by atoms with Crippen LogP contribution in [0.15, 0.2) is 29.2 Å². The van der Waals surface area contributed by atoms with Gasteiger partial charge in [0, 0.05) is 24.0 Å². The number of morpholine rings is 1. The van der Waals surface area contributed by atoms with Gasteiger partial charge in [-0.25, -0.2) is 8.42 Å². The van der Waals surface area contributed by atoms with Crippen molar-refractivity contribution in [2.75, 3.05) is 19.0 Å². The molecule has 1 saturated heterocycles. The van der Waals surface area contributed by atoms with Crippen molar-refractivity contribution in [1.29, 1.82) is 0 Å². The summed E-state index contributed by atoms with van der Waals surface area (Å²) < 4.78 is 32.0. The maximum atomic E-state index is 12.5. The Bertz CT molecular complexity index is 550. The van der Waals surface area contributed by atoms with Crippen LogP contribution in [-0.2, 0) is 14.8 Å². The van der Waals surface area contributed by atoms with Crippen molar-refractivity contribution in [2.24, 2.45) is 0 Å². The van der Waals surface area contributed by atoms with Crippen molar-refractivity contribution in [3.05, 3.63) is 29.3 Å². The highest BCUT2D eigenvalue weighted by Crippen LogP contribution is 2.23. The van der Waals surface area contributed by atoms with Gasteiger partial charge in [-0.15, -0.1) is 11.6 Å². The van der Waals surface area contributed by atoms with Crippen LogP contribution < -0.4 is 0 Å². The lowest BCUT2D eigenvalue weighted by atomic mass is 10.3. The molecule has 0 aliphatic carbocycles. The van der Waals surface area contributed by atoms with E-state index in [0.29, 0.717) is 11.6 Å². The van der Waals surface area contributed by atoms with E-state index in [4.69, 9.17) is 27.9 Å². The molecule has 106 valence electrons. The Kier molecular flexibility index (Phi) is 4.74. The Morgan fingerprint density at radius 2 is 2.16 bits per heavy atom. The van der Waals surface area contributed by atoms with Crippen LogP contribution in [0.5, 0.6) is 0 Å². The second-order valence-corrected chi connectivity index (χ2v) is 7.19. The molecular weight excluding hydrogens is 309 g/mol. The third-order valence-corrected chi connectivity index (χ3v) is 5.31. The van der Waals surface area contributed by atoms with Crippen LogP contribution in [0.4, 0.5) is 0 Å². The number of alkyl halides is 1. The maximum absolute atomic E-state index is 12.5. The molecule has 19 heavy (non-hydrogen) atoms. The molecule has 0 amide bonds. The van der Waals surface area contributed by atoms with Gasteiger partial charge in [-0.05, 0) is 25.1 Å². The first-order valence-corrected chi connectivity index (χ1v) is 8.26. The maximum Gasteiger partial charge on any atom is 0.243 e. The highest BCUT2D eigenvalue weighted by molar-refractivity contribution is 7.89. The number of ether oxygens (including phenoxy) is 1. The van der Waals surface area contributed by atoms with Gasteiger partial charge in [-0.2, -0.15) is 4.31 Å². The van der Waals surface area contributed by atoms with Crippen LogP contribution in [0.1, 0.15) is 6.92 Å². The first-order chi connectivity index (χ1) is 8.93. The molecule has 0 saturated carbocycles. The number of hydrogen-bond donors (Lipinski definition) is 0. The molecule has 2 unspecified atom stereocenters. The Hall–Kier alpha value is -0.330. The van der Waals surface area contributed by atoms with Crippen LogP contribution in [0, 0.1) is 0 Å². The highest BCUT2D eigenvalue weighted by Gasteiger charge is 2.33. The summed E-state index contributed by atoms with van der Waals surface area (Å²) >= 11 is 11.6. The number of benzene rings is 1. The summed E-state index contributed by atoms with van der Waals surface area (Å²) in [5.41, 5.74) is 0. The molecule has 1 aromatic carbocycles. The van der Waals surface area contributed by atoms with Crippen molar-refractivity contribution in [2.45, 2.75) is 24.0 Å². The minimum absolute atomic E-state index is 0.175. The SMILES string of the molecule is CC1CN(S(=O)(=O)c2cccc(Cl)c2)CC(CCl)O1. The number of hydrogen-bond acceptors (Lipinski definition) is 3.